The number of hydrogen-bond acceptors (Lipinski definition) is 6. The molecule has 7 heteroatoms. The lowest BCUT2D eigenvalue weighted by molar-refractivity contribution is -0.0655. The van der Waals surface area contributed by atoms with E-state index in [2.05, 4.69) is 23.8 Å². The molecule has 1 fully saturated rings. The maximum Gasteiger partial charge on any atom is 0.250 e. The molecule has 1 aliphatic rings. The van der Waals surface area contributed by atoms with Crippen LogP contribution in [-0.2, 0) is 18.9 Å². The molecule has 7 nitrogen and oxygen atoms in total. The lowest BCUT2D eigenvalue weighted by atomic mass is 10.1. The molecule has 1 aliphatic heterocycles. The molecule has 0 aromatic carbocycles. The molecule has 0 amide bonds. The lowest BCUT2D eigenvalue weighted by Gasteiger charge is -2.19. The van der Waals surface area contributed by atoms with Crippen LogP contribution in [0.1, 0.15) is 70.5 Å². The van der Waals surface area contributed by atoms with Gasteiger partial charge in [-0.25, -0.2) is 4.98 Å². The minimum absolute atomic E-state index is 0.0197. The van der Waals surface area contributed by atoms with Crippen LogP contribution in [0.3, 0.4) is 0 Å². The molecule has 26 heavy (non-hydrogen) atoms. The SMILES string of the molecule is CCCCOC[C@H]1O[C@@H](c2cnc(C(=N)OCC)[nH]2)C[C@@H]1OCCCC. The predicted octanol–water partition coefficient (Wildman–Crippen LogP) is 3.60. The van der Waals surface area contributed by atoms with Crippen LogP contribution < -0.4 is 0 Å². The van der Waals surface area contributed by atoms with Crippen LogP contribution in [0.15, 0.2) is 6.20 Å². The molecule has 0 aliphatic carbocycles. The van der Waals surface area contributed by atoms with Crippen molar-refractivity contribution >= 4 is 5.90 Å². The molecule has 1 aromatic rings. The zero-order chi connectivity index (χ0) is 18.8. The summed E-state index contributed by atoms with van der Waals surface area (Å²) in [5.41, 5.74) is 0.851. The van der Waals surface area contributed by atoms with E-state index in [1.54, 1.807) is 6.20 Å². The van der Waals surface area contributed by atoms with Crippen LogP contribution in [0.25, 0.3) is 0 Å². The molecular weight excluding hydrogens is 334 g/mol. The number of aromatic nitrogens is 2. The van der Waals surface area contributed by atoms with Crippen LogP contribution >= 0.6 is 0 Å². The first kappa shape index (κ1) is 20.9. The van der Waals surface area contributed by atoms with Gasteiger partial charge in [-0.1, -0.05) is 26.7 Å². The summed E-state index contributed by atoms with van der Waals surface area (Å²) in [6.07, 6.45) is 6.62. The van der Waals surface area contributed by atoms with Crippen molar-refractivity contribution in [2.45, 2.75) is 71.2 Å². The highest BCUT2D eigenvalue weighted by molar-refractivity contribution is 5.87. The second-order valence-corrected chi connectivity index (χ2v) is 6.54. The Morgan fingerprint density at radius 2 is 2.04 bits per heavy atom. The molecule has 148 valence electrons. The highest BCUT2D eigenvalue weighted by Crippen LogP contribution is 2.34. The Hall–Kier alpha value is -1.44. The molecule has 2 heterocycles. The molecule has 3 atom stereocenters. The standard InChI is InChI=1S/C19H33N3O4/c1-4-7-9-23-13-17-16(25-10-8-5-2)11-15(26-17)14-12-21-19(22-14)18(20)24-6-3/h12,15-17,20H,4-11,13H2,1-3H3,(H,21,22)/t15-,16+,17-/m1/s1. The lowest BCUT2D eigenvalue weighted by Crippen LogP contribution is -2.29. The van der Waals surface area contributed by atoms with Crippen molar-refractivity contribution < 1.29 is 18.9 Å². The monoisotopic (exact) mass is 367 g/mol. The maximum atomic E-state index is 7.83. The third-order valence-corrected chi connectivity index (χ3v) is 4.40. The van der Waals surface area contributed by atoms with Gasteiger partial charge in [0.1, 0.15) is 12.2 Å². The van der Waals surface area contributed by atoms with Crippen molar-refractivity contribution in [1.29, 1.82) is 5.41 Å². The second-order valence-electron chi connectivity index (χ2n) is 6.54. The molecule has 2 N–H and O–H groups in total. The number of imidazole rings is 1. The van der Waals surface area contributed by atoms with E-state index in [0.29, 0.717) is 19.0 Å². The quantitative estimate of drug-likeness (QED) is 0.335. The van der Waals surface area contributed by atoms with Crippen molar-refractivity contribution in [2.24, 2.45) is 0 Å². The van der Waals surface area contributed by atoms with Gasteiger partial charge in [0, 0.05) is 19.6 Å². The highest BCUT2D eigenvalue weighted by Gasteiger charge is 2.37. The number of unbranched alkanes of at least 4 members (excludes halogenated alkanes) is 2. The largest absolute Gasteiger partial charge is 0.476 e. The molecule has 1 saturated heterocycles. The van der Waals surface area contributed by atoms with Gasteiger partial charge in [-0.15, -0.1) is 0 Å². The summed E-state index contributed by atoms with van der Waals surface area (Å²) >= 11 is 0. The van der Waals surface area contributed by atoms with E-state index in [1.807, 2.05) is 6.92 Å². The van der Waals surface area contributed by atoms with E-state index < -0.39 is 0 Å². The summed E-state index contributed by atoms with van der Waals surface area (Å²) in [5.74, 6) is 0.475. The van der Waals surface area contributed by atoms with Crippen molar-refractivity contribution in [3.63, 3.8) is 0 Å². The molecule has 0 bridgehead atoms. The summed E-state index contributed by atoms with van der Waals surface area (Å²) in [5, 5.41) is 7.83. The van der Waals surface area contributed by atoms with Gasteiger partial charge in [-0.3, -0.25) is 5.41 Å². The highest BCUT2D eigenvalue weighted by atomic mass is 16.6. The molecule has 1 aromatic heterocycles. The van der Waals surface area contributed by atoms with Gasteiger partial charge in [-0.05, 0) is 19.8 Å². The van der Waals surface area contributed by atoms with Crippen molar-refractivity contribution in [3.8, 4) is 0 Å². The molecular formula is C19H33N3O4. The number of nitrogens with zero attached hydrogens (tertiary/aromatic N) is 1. The van der Waals surface area contributed by atoms with E-state index in [9.17, 15) is 0 Å². The van der Waals surface area contributed by atoms with Gasteiger partial charge >= 0.3 is 0 Å². The predicted molar refractivity (Wildman–Crippen MR) is 99.6 cm³/mol. The van der Waals surface area contributed by atoms with Gasteiger partial charge in [0.05, 0.1) is 31.2 Å². The smallest absolute Gasteiger partial charge is 0.250 e. The average Bonchev–Trinajstić information content (AvgIpc) is 3.27. The number of H-pyrrole nitrogens is 1. The Morgan fingerprint density at radius 3 is 2.77 bits per heavy atom. The summed E-state index contributed by atoms with van der Waals surface area (Å²) in [4.78, 5) is 7.38. The van der Waals surface area contributed by atoms with Crippen LogP contribution in [0.5, 0.6) is 0 Å². The Balaban J connectivity index is 1.95. The molecule has 0 spiro atoms. The Bertz CT molecular complexity index is 535. The summed E-state index contributed by atoms with van der Waals surface area (Å²) in [7, 11) is 0. The number of aromatic amines is 1. The van der Waals surface area contributed by atoms with Crippen molar-refractivity contribution in [2.75, 3.05) is 26.4 Å². The number of nitrogens with one attached hydrogen (secondary N) is 2. The Kier molecular flexibility index (Phi) is 9.08. The first-order chi connectivity index (χ1) is 12.7. The minimum Gasteiger partial charge on any atom is -0.476 e. The van der Waals surface area contributed by atoms with Gasteiger partial charge in [-0.2, -0.15) is 0 Å². The third-order valence-electron chi connectivity index (χ3n) is 4.40. The summed E-state index contributed by atoms with van der Waals surface area (Å²) < 4.78 is 23.2. The Morgan fingerprint density at radius 1 is 1.27 bits per heavy atom. The fraction of sp³-hybridized carbons (Fsp3) is 0.789. The Labute approximate surface area is 156 Å². The topological polar surface area (TPSA) is 89.5 Å². The summed E-state index contributed by atoms with van der Waals surface area (Å²) in [6.45, 7) is 8.64. The number of ether oxygens (including phenoxy) is 4. The number of rotatable bonds is 12. The van der Waals surface area contributed by atoms with E-state index >= 15 is 0 Å². The van der Waals surface area contributed by atoms with Gasteiger partial charge < -0.3 is 23.9 Å². The van der Waals surface area contributed by atoms with E-state index in [-0.39, 0.29) is 24.2 Å². The van der Waals surface area contributed by atoms with Crippen LogP contribution in [0.2, 0.25) is 0 Å². The van der Waals surface area contributed by atoms with E-state index in [0.717, 1.165) is 51.0 Å². The van der Waals surface area contributed by atoms with Crippen molar-refractivity contribution in [1.82, 2.24) is 9.97 Å². The summed E-state index contributed by atoms with van der Waals surface area (Å²) in [6, 6.07) is 0. The van der Waals surface area contributed by atoms with Gasteiger partial charge in [0.25, 0.3) is 0 Å². The zero-order valence-corrected chi connectivity index (χ0v) is 16.3. The number of hydrogen-bond donors (Lipinski definition) is 2. The molecule has 0 saturated carbocycles. The third kappa shape index (κ3) is 6.07. The molecule has 2 rings (SSSR count). The first-order valence-electron chi connectivity index (χ1n) is 9.80. The first-order valence-corrected chi connectivity index (χ1v) is 9.80. The normalized spacial score (nSPS) is 22.7. The molecule has 0 radical (unpaired) electrons. The minimum atomic E-state index is -0.128. The van der Waals surface area contributed by atoms with Crippen LogP contribution in [0, 0.1) is 5.41 Å². The molecule has 0 unspecified atom stereocenters. The zero-order valence-electron chi connectivity index (χ0n) is 16.3. The van der Waals surface area contributed by atoms with Crippen LogP contribution in [0.4, 0.5) is 0 Å². The van der Waals surface area contributed by atoms with E-state index in [1.165, 1.54) is 0 Å². The van der Waals surface area contributed by atoms with Crippen molar-refractivity contribution in [3.05, 3.63) is 17.7 Å². The van der Waals surface area contributed by atoms with Crippen LogP contribution in [-0.4, -0.2) is 54.5 Å². The fourth-order valence-electron chi connectivity index (χ4n) is 2.89. The fourth-order valence-corrected chi connectivity index (χ4v) is 2.89. The van der Waals surface area contributed by atoms with E-state index in [4.69, 9.17) is 24.4 Å². The maximum absolute atomic E-state index is 7.83. The van der Waals surface area contributed by atoms with Gasteiger partial charge in [0.15, 0.2) is 5.82 Å². The second kappa shape index (κ2) is 11.3. The van der Waals surface area contributed by atoms with Gasteiger partial charge in [0.2, 0.25) is 5.90 Å². The average molecular weight is 367 g/mol.